The van der Waals surface area contributed by atoms with Gasteiger partial charge in [0.25, 0.3) is 0 Å². The van der Waals surface area contributed by atoms with Crippen molar-refractivity contribution in [3.8, 4) is 0 Å². The maximum Gasteiger partial charge on any atom is 0.0756 e. The topological polar surface area (TPSA) is 20.2 Å². The molecule has 1 heteroatoms. The predicted octanol–water partition coefficient (Wildman–Crippen LogP) is 3.31. The lowest BCUT2D eigenvalue weighted by Crippen LogP contribution is -2.49. The normalized spacial score (nSPS) is 33.9. The number of fused-ring (bicyclic) bond motifs is 1. The molecule has 0 radical (unpaired) electrons. The van der Waals surface area contributed by atoms with Crippen LogP contribution in [-0.2, 0) is 0 Å². The highest BCUT2D eigenvalue weighted by Gasteiger charge is 2.52. The van der Waals surface area contributed by atoms with Crippen molar-refractivity contribution in [2.45, 2.75) is 45.6 Å². The summed E-state index contributed by atoms with van der Waals surface area (Å²) in [6.45, 7) is 8.40. The van der Waals surface area contributed by atoms with Crippen LogP contribution in [0.4, 0.5) is 0 Å². The molecule has 0 aromatic rings. The molecule has 3 unspecified atom stereocenters. The average Bonchev–Trinajstić information content (AvgIpc) is 2.25. The molecule has 0 amide bonds. The third-order valence-corrected chi connectivity index (χ3v) is 4.54. The van der Waals surface area contributed by atoms with Gasteiger partial charge < -0.3 is 5.11 Å². The Morgan fingerprint density at radius 2 is 2.40 bits per heavy atom. The van der Waals surface area contributed by atoms with Crippen molar-refractivity contribution < 1.29 is 5.11 Å². The van der Waals surface area contributed by atoms with E-state index in [1.807, 2.05) is 6.08 Å². The quantitative estimate of drug-likeness (QED) is 0.700. The summed E-state index contributed by atoms with van der Waals surface area (Å²) in [7, 11) is 0. The Morgan fingerprint density at radius 3 is 2.93 bits per heavy atom. The number of aliphatic hydroxyl groups is 1. The van der Waals surface area contributed by atoms with Crippen LogP contribution in [0, 0.1) is 17.3 Å². The molecule has 0 aromatic heterocycles. The van der Waals surface area contributed by atoms with Crippen molar-refractivity contribution in [3.05, 3.63) is 24.3 Å². The van der Waals surface area contributed by atoms with Gasteiger partial charge in [0.2, 0.25) is 0 Å². The van der Waals surface area contributed by atoms with Gasteiger partial charge in [0.05, 0.1) is 6.10 Å². The highest BCUT2D eigenvalue weighted by atomic mass is 16.3. The van der Waals surface area contributed by atoms with Crippen LogP contribution >= 0.6 is 0 Å². The first kappa shape index (κ1) is 10.9. The smallest absolute Gasteiger partial charge is 0.0756 e. The third-order valence-electron chi connectivity index (χ3n) is 4.54. The van der Waals surface area contributed by atoms with Crippen LogP contribution in [0.3, 0.4) is 0 Å². The Balaban J connectivity index is 2.04. The maximum atomic E-state index is 10.1. The lowest BCUT2D eigenvalue weighted by molar-refractivity contribution is -0.0221. The molecule has 0 aromatic carbocycles. The summed E-state index contributed by atoms with van der Waals surface area (Å²) in [6.07, 6.45) is 8.17. The predicted molar refractivity (Wildman–Crippen MR) is 63.5 cm³/mol. The minimum Gasteiger partial charge on any atom is -0.389 e. The summed E-state index contributed by atoms with van der Waals surface area (Å²) in [5.41, 5.74) is 1.74. The Bertz CT molecular complexity index is 288. The monoisotopic (exact) mass is 206 g/mol. The fourth-order valence-corrected chi connectivity index (χ4v) is 3.21. The van der Waals surface area contributed by atoms with Crippen molar-refractivity contribution in [1.29, 1.82) is 0 Å². The first-order valence-corrected chi connectivity index (χ1v) is 6.06. The molecule has 3 rings (SSSR count). The molecular formula is C14H22O. The molecule has 84 valence electrons. The molecule has 1 fully saturated rings. The minimum absolute atomic E-state index is 0.228. The van der Waals surface area contributed by atoms with Gasteiger partial charge in [-0.3, -0.25) is 0 Å². The summed E-state index contributed by atoms with van der Waals surface area (Å²) >= 11 is 0. The fraction of sp³-hybridized carbons (Fsp3) is 0.714. The van der Waals surface area contributed by atoms with Crippen LogP contribution in [0.5, 0.6) is 0 Å². The van der Waals surface area contributed by atoms with Crippen LogP contribution in [-0.4, -0.2) is 11.2 Å². The zero-order valence-corrected chi connectivity index (χ0v) is 9.87. The van der Waals surface area contributed by atoms with E-state index in [1.165, 1.54) is 18.4 Å². The molecule has 0 heterocycles. The van der Waals surface area contributed by atoms with Crippen LogP contribution < -0.4 is 0 Å². The van der Waals surface area contributed by atoms with E-state index in [-0.39, 0.29) is 6.10 Å². The number of hydrogen-bond acceptors (Lipinski definition) is 1. The van der Waals surface area contributed by atoms with E-state index in [1.54, 1.807) is 0 Å². The van der Waals surface area contributed by atoms with E-state index >= 15 is 0 Å². The standard InChI is InChI=1S/C14H22O/c1-4-5-6-13(15)11-8-7-10-9-12(11)14(10,2)3/h4,8,10,12-13,15H,1,5-7,9H2,2-3H3. The van der Waals surface area contributed by atoms with E-state index in [0.29, 0.717) is 11.3 Å². The summed E-state index contributed by atoms with van der Waals surface area (Å²) in [5, 5.41) is 10.1. The minimum atomic E-state index is -0.228. The maximum absolute atomic E-state index is 10.1. The van der Waals surface area contributed by atoms with Gasteiger partial charge in [0, 0.05) is 0 Å². The van der Waals surface area contributed by atoms with Crippen molar-refractivity contribution in [2.24, 2.45) is 17.3 Å². The number of rotatable bonds is 4. The number of aliphatic hydroxyl groups excluding tert-OH is 1. The zero-order chi connectivity index (χ0) is 11.1. The molecule has 1 saturated carbocycles. The average molecular weight is 206 g/mol. The Labute approximate surface area is 92.9 Å². The van der Waals surface area contributed by atoms with Crippen molar-refractivity contribution >= 4 is 0 Å². The second-order valence-corrected chi connectivity index (χ2v) is 5.63. The Hall–Kier alpha value is -0.560. The highest BCUT2D eigenvalue weighted by molar-refractivity contribution is 5.26. The molecule has 0 aliphatic heterocycles. The van der Waals surface area contributed by atoms with Gasteiger partial charge in [-0.1, -0.05) is 26.0 Å². The van der Waals surface area contributed by atoms with Gasteiger partial charge in [-0.25, -0.2) is 0 Å². The zero-order valence-electron chi connectivity index (χ0n) is 9.87. The van der Waals surface area contributed by atoms with Gasteiger partial charge in [-0.05, 0) is 48.5 Å². The van der Waals surface area contributed by atoms with Crippen molar-refractivity contribution in [1.82, 2.24) is 0 Å². The van der Waals surface area contributed by atoms with Crippen LogP contribution in [0.1, 0.15) is 39.5 Å². The number of allylic oxidation sites excluding steroid dienone is 2. The molecule has 0 spiro atoms. The Kier molecular flexibility index (Phi) is 2.76. The molecule has 1 nitrogen and oxygen atoms in total. The molecule has 2 bridgehead atoms. The van der Waals surface area contributed by atoms with Gasteiger partial charge in [0.1, 0.15) is 0 Å². The van der Waals surface area contributed by atoms with Gasteiger partial charge >= 0.3 is 0 Å². The molecular weight excluding hydrogens is 184 g/mol. The summed E-state index contributed by atoms with van der Waals surface area (Å²) in [5.74, 6) is 1.49. The lowest BCUT2D eigenvalue weighted by Gasteiger charge is -2.57. The Morgan fingerprint density at radius 1 is 1.67 bits per heavy atom. The molecule has 1 N–H and O–H groups in total. The van der Waals surface area contributed by atoms with E-state index in [0.717, 1.165) is 18.8 Å². The fourth-order valence-electron chi connectivity index (χ4n) is 3.21. The first-order valence-electron chi connectivity index (χ1n) is 6.06. The number of hydrogen-bond donors (Lipinski definition) is 1. The van der Waals surface area contributed by atoms with E-state index < -0.39 is 0 Å². The van der Waals surface area contributed by atoms with E-state index in [2.05, 4.69) is 26.5 Å². The lowest BCUT2D eigenvalue weighted by atomic mass is 9.48. The summed E-state index contributed by atoms with van der Waals surface area (Å²) in [6, 6.07) is 0. The second kappa shape index (κ2) is 3.79. The molecule has 3 aliphatic rings. The molecule has 3 atom stereocenters. The first-order chi connectivity index (χ1) is 7.07. The van der Waals surface area contributed by atoms with Gasteiger partial charge in [-0.15, -0.1) is 6.58 Å². The SMILES string of the molecule is C=CCCC(O)C1=CCC2CC1C2(C)C. The van der Waals surface area contributed by atoms with Crippen molar-refractivity contribution in [3.63, 3.8) is 0 Å². The molecule has 3 aliphatic carbocycles. The van der Waals surface area contributed by atoms with E-state index in [9.17, 15) is 5.11 Å². The van der Waals surface area contributed by atoms with E-state index in [4.69, 9.17) is 0 Å². The van der Waals surface area contributed by atoms with Crippen LogP contribution in [0.2, 0.25) is 0 Å². The largest absolute Gasteiger partial charge is 0.389 e. The molecule has 0 saturated heterocycles. The van der Waals surface area contributed by atoms with Crippen LogP contribution in [0.15, 0.2) is 24.3 Å². The molecule has 15 heavy (non-hydrogen) atoms. The van der Waals surface area contributed by atoms with Gasteiger partial charge in [0.15, 0.2) is 0 Å². The summed E-state index contributed by atoms with van der Waals surface area (Å²) in [4.78, 5) is 0. The van der Waals surface area contributed by atoms with Crippen LogP contribution in [0.25, 0.3) is 0 Å². The summed E-state index contributed by atoms with van der Waals surface area (Å²) < 4.78 is 0. The second-order valence-electron chi connectivity index (χ2n) is 5.63. The third kappa shape index (κ3) is 1.67. The van der Waals surface area contributed by atoms with Gasteiger partial charge in [-0.2, -0.15) is 0 Å². The highest BCUT2D eigenvalue weighted by Crippen LogP contribution is 2.59. The van der Waals surface area contributed by atoms with Crippen molar-refractivity contribution in [2.75, 3.05) is 0 Å².